The molecule has 0 radical (unpaired) electrons. The summed E-state index contributed by atoms with van der Waals surface area (Å²) in [7, 11) is 0. The summed E-state index contributed by atoms with van der Waals surface area (Å²) < 4.78 is 5.57. The van der Waals surface area contributed by atoms with Gasteiger partial charge in [0.05, 0.1) is 12.7 Å². The van der Waals surface area contributed by atoms with Gasteiger partial charge >= 0.3 is 0 Å². The summed E-state index contributed by atoms with van der Waals surface area (Å²) in [5, 5.41) is 2.02. The number of ether oxygens (including phenoxy) is 1. The third kappa shape index (κ3) is 4.55. The van der Waals surface area contributed by atoms with Gasteiger partial charge in [-0.1, -0.05) is 13.8 Å². The lowest BCUT2D eigenvalue weighted by atomic mass is 10.2. The minimum absolute atomic E-state index is 0.180. The fourth-order valence-electron chi connectivity index (χ4n) is 1.44. The summed E-state index contributed by atoms with van der Waals surface area (Å²) in [5.41, 5.74) is 6.15. The highest BCUT2D eigenvalue weighted by Crippen LogP contribution is 2.36. The maximum Gasteiger partial charge on any atom is 0.0632 e. The van der Waals surface area contributed by atoms with E-state index in [1.807, 2.05) is 23.5 Å². The van der Waals surface area contributed by atoms with Gasteiger partial charge in [-0.25, -0.2) is 0 Å². The largest absolute Gasteiger partial charge is 0.377 e. The molecule has 1 aliphatic heterocycles. The zero-order valence-electron chi connectivity index (χ0n) is 10.1. The van der Waals surface area contributed by atoms with Gasteiger partial charge < -0.3 is 10.5 Å². The van der Waals surface area contributed by atoms with Gasteiger partial charge in [0.25, 0.3) is 0 Å². The van der Waals surface area contributed by atoms with Crippen LogP contribution < -0.4 is 5.73 Å². The summed E-state index contributed by atoms with van der Waals surface area (Å²) >= 11 is 4.07. The lowest BCUT2D eigenvalue weighted by molar-refractivity contribution is 0.0688. The topological polar surface area (TPSA) is 35.2 Å². The predicted molar refractivity (Wildman–Crippen MR) is 71.8 cm³/mol. The maximum atomic E-state index is 6.15. The molecule has 1 fully saturated rings. The van der Waals surface area contributed by atoms with Crippen LogP contribution in [0.15, 0.2) is 0 Å². The van der Waals surface area contributed by atoms with E-state index in [-0.39, 0.29) is 12.1 Å². The van der Waals surface area contributed by atoms with Crippen molar-refractivity contribution >= 4 is 23.5 Å². The van der Waals surface area contributed by atoms with Crippen LogP contribution in [0.25, 0.3) is 0 Å². The molecule has 1 heterocycles. The highest BCUT2D eigenvalue weighted by Gasteiger charge is 2.29. The van der Waals surface area contributed by atoms with Gasteiger partial charge in [0.15, 0.2) is 0 Å². The first-order valence-electron chi connectivity index (χ1n) is 5.65. The molecule has 0 spiro atoms. The van der Waals surface area contributed by atoms with Crippen LogP contribution in [0.4, 0.5) is 0 Å². The van der Waals surface area contributed by atoms with Crippen molar-refractivity contribution in [2.45, 2.75) is 55.6 Å². The summed E-state index contributed by atoms with van der Waals surface area (Å²) in [6.07, 6.45) is 0.286. The van der Waals surface area contributed by atoms with Crippen LogP contribution in [-0.4, -0.2) is 40.3 Å². The van der Waals surface area contributed by atoms with Crippen LogP contribution in [-0.2, 0) is 4.74 Å². The molecule has 0 bridgehead atoms. The summed E-state index contributed by atoms with van der Waals surface area (Å²) in [6.45, 7) is 9.40. The third-order valence-electron chi connectivity index (χ3n) is 2.67. The molecule has 2 N–H and O–H groups in total. The molecule has 4 heteroatoms. The monoisotopic (exact) mass is 249 g/mol. The predicted octanol–water partition coefficient (Wildman–Crippen LogP) is 2.36. The van der Waals surface area contributed by atoms with Crippen LogP contribution in [0.5, 0.6) is 0 Å². The number of hydrogen-bond acceptors (Lipinski definition) is 4. The number of rotatable bonds is 4. The zero-order valence-corrected chi connectivity index (χ0v) is 11.7. The fraction of sp³-hybridized carbons (Fsp3) is 1.00. The minimum atomic E-state index is 0.180. The minimum Gasteiger partial charge on any atom is -0.377 e. The molecule has 0 aliphatic carbocycles. The second-order valence-electron chi connectivity index (χ2n) is 4.46. The van der Waals surface area contributed by atoms with E-state index in [2.05, 4.69) is 27.7 Å². The van der Waals surface area contributed by atoms with Gasteiger partial charge in [0.2, 0.25) is 0 Å². The average Bonchev–Trinajstić information content (AvgIpc) is 2.18. The third-order valence-corrected chi connectivity index (χ3v) is 6.25. The quantitative estimate of drug-likeness (QED) is 0.829. The van der Waals surface area contributed by atoms with Crippen molar-refractivity contribution in [3.63, 3.8) is 0 Å². The van der Waals surface area contributed by atoms with E-state index in [1.165, 1.54) is 5.75 Å². The zero-order chi connectivity index (χ0) is 11.4. The van der Waals surface area contributed by atoms with Crippen molar-refractivity contribution in [1.29, 1.82) is 0 Å². The van der Waals surface area contributed by atoms with Crippen molar-refractivity contribution in [3.05, 3.63) is 0 Å². The van der Waals surface area contributed by atoms with Crippen LogP contribution in [0.3, 0.4) is 0 Å². The molecule has 0 aromatic heterocycles. The van der Waals surface area contributed by atoms with Crippen molar-refractivity contribution in [1.82, 2.24) is 0 Å². The molecule has 1 aliphatic rings. The molecule has 0 aromatic carbocycles. The highest BCUT2D eigenvalue weighted by atomic mass is 32.2. The standard InChI is InChI=1S/C11H23NOS2/c1-7(2)13-5-10(12)11-6-14-8(3)9(4)15-11/h7-11H,5-6,12H2,1-4H3. The smallest absolute Gasteiger partial charge is 0.0632 e. The van der Waals surface area contributed by atoms with Crippen molar-refractivity contribution in [2.24, 2.45) is 5.73 Å². The fourth-order valence-corrected chi connectivity index (χ4v) is 4.49. The van der Waals surface area contributed by atoms with E-state index in [0.29, 0.717) is 17.1 Å². The first-order chi connectivity index (χ1) is 7.00. The molecule has 1 rings (SSSR count). The molecule has 1 saturated heterocycles. The van der Waals surface area contributed by atoms with Gasteiger partial charge in [0.1, 0.15) is 0 Å². The molecular formula is C11H23NOS2. The van der Waals surface area contributed by atoms with Gasteiger partial charge in [-0.2, -0.15) is 23.5 Å². The maximum absolute atomic E-state index is 6.15. The Balaban J connectivity index is 2.30. The molecule has 90 valence electrons. The van der Waals surface area contributed by atoms with E-state index in [4.69, 9.17) is 10.5 Å². The van der Waals surface area contributed by atoms with E-state index in [1.54, 1.807) is 0 Å². The number of nitrogens with two attached hydrogens (primary N) is 1. The summed E-state index contributed by atoms with van der Waals surface area (Å²) in [4.78, 5) is 0. The Labute approximate surface area is 102 Å². The van der Waals surface area contributed by atoms with E-state index >= 15 is 0 Å². The Morgan fingerprint density at radius 1 is 1.33 bits per heavy atom. The number of hydrogen-bond donors (Lipinski definition) is 1. The number of thioether (sulfide) groups is 2. The van der Waals surface area contributed by atoms with Crippen LogP contribution in [0.1, 0.15) is 27.7 Å². The Kier molecular flexibility index (Phi) is 5.82. The average molecular weight is 249 g/mol. The summed E-state index contributed by atoms with van der Waals surface area (Å²) in [5.74, 6) is 1.17. The van der Waals surface area contributed by atoms with Crippen LogP contribution >= 0.6 is 23.5 Å². The Morgan fingerprint density at radius 2 is 2.00 bits per heavy atom. The highest BCUT2D eigenvalue weighted by molar-refractivity contribution is 8.07. The molecular weight excluding hydrogens is 226 g/mol. The van der Waals surface area contributed by atoms with Crippen molar-refractivity contribution < 1.29 is 4.74 Å². The molecule has 15 heavy (non-hydrogen) atoms. The van der Waals surface area contributed by atoms with Crippen molar-refractivity contribution in [3.8, 4) is 0 Å². The van der Waals surface area contributed by atoms with E-state index in [0.717, 1.165) is 5.25 Å². The molecule has 0 saturated carbocycles. The summed E-state index contributed by atoms with van der Waals surface area (Å²) in [6, 6.07) is 0.180. The lowest BCUT2D eigenvalue weighted by Gasteiger charge is -2.34. The SMILES string of the molecule is CC(C)OCC(N)C1CSC(C)C(C)S1. The first kappa shape index (κ1) is 13.7. The first-order valence-corrected chi connectivity index (χ1v) is 7.64. The molecule has 2 nitrogen and oxygen atoms in total. The molecule has 0 amide bonds. The van der Waals surface area contributed by atoms with Crippen LogP contribution in [0.2, 0.25) is 0 Å². The molecule has 4 unspecified atom stereocenters. The van der Waals surface area contributed by atoms with Gasteiger partial charge in [-0.05, 0) is 13.8 Å². The Hall–Kier alpha value is 0.620. The second kappa shape index (κ2) is 6.38. The molecule has 4 atom stereocenters. The van der Waals surface area contributed by atoms with Gasteiger partial charge in [-0.15, -0.1) is 0 Å². The van der Waals surface area contributed by atoms with Gasteiger partial charge in [-0.3, -0.25) is 0 Å². The Bertz CT molecular complexity index is 189. The van der Waals surface area contributed by atoms with E-state index < -0.39 is 0 Å². The van der Waals surface area contributed by atoms with Crippen LogP contribution in [0, 0.1) is 0 Å². The Morgan fingerprint density at radius 3 is 2.53 bits per heavy atom. The normalized spacial score (nSPS) is 34.4. The second-order valence-corrected chi connectivity index (χ2v) is 7.50. The van der Waals surface area contributed by atoms with Crippen molar-refractivity contribution in [2.75, 3.05) is 12.4 Å². The lowest BCUT2D eigenvalue weighted by Crippen LogP contribution is -2.43. The van der Waals surface area contributed by atoms with Gasteiger partial charge in [0, 0.05) is 27.5 Å². The molecule has 0 aromatic rings. The van der Waals surface area contributed by atoms with E-state index in [9.17, 15) is 0 Å².